The van der Waals surface area contributed by atoms with Gasteiger partial charge < -0.3 is 24.2 Å². The molecule has 18 nitrogen and oxygen atoms in total. The fourth-order valence-electron chi connectivity index (χ4n) is 12.0. The molecule has 4 aromatic rings. The van der Waals surface area contributed by atoms with E-state index in [1.165, 1.54) is 80.4 Å². The summed E-state index contributed by atoms with van der Waals surface area (Å²) in [7, 11) is -2.39. The van der Waals surface area contributed by atoms with Gasteiger partial charge in [0.25, 0.3) is 37.8 Å². The van der Waals surface area contributed by atoms with Crippen LogP contribution >= 0.6 is 43.2 Å². The molecule has 8 aliphatic heterocycles. The van der Waals surface area contributed by atoms with Crippen LogP contribution in [0.2, 0.25) is 0 Å². The topological polar surface area (TPSA) is 209 Å². The zero-order chi connectivity index (χ0) is 50.3. The first kappa shape index (κ1) is 47.9. The number of carbonyl (C=O) groups is 6. The van der Waals surface area contributed by atoms with Crippen LogP contribution in [0.4, 0.5) is 11.4 Å². The molecule has 7 atom stereocenters. The summed E-state index contributed by atoms with van der Waals surface area (Å²) in [6.45, 7) is 0.986. The van der Waals surface area contributed by atoms with Gasteiger partial charge in [-0.15, -0.1) is 0 Å². The highest BCUT2D eigenvalue weighted by molar-refractivity contribution is 8.78. The molecule has 370 valence electrons. The SMILES string of the molecule is CC(=O)OC[C@@]1(C(=O)N2CC[C@]3([C@]45C[C@@]67SS[C@@](COC(C)=O)(C(=O)N6[C@H]4N(S(=O)(=O)c4ccccc4)c4ccccc45)N(C)C7=O)c4ccccc4N(S(=O)(=O)c4ccccc4)[C@H]23)SSCC(=O)N1C. The first-order chi connectivity index (χ1) is 33.8. The van der Waals surface area contributed by atoms with Gasteiger partial charge in [0, 0.05) is 40.9 Å². The molecule has 24 heteroatoms. The fourth-order valence-corrected chi connectivity index (χ4v) is 21.8. The van der Waals surface area contributed by atoms with Gasteiger partial charge in [-0.25, -0.2) is 25.4 Å². The maximum atomic E-state index is 16.2. The van der Waals surface area contributed by atoms with Gasteiger partial charge in [0.05, 0.1) is 37.7 Å². The molecule has 0 aromatic heterocycles. The van der Waals surface area contributed by atoms with Gasteiger partial charge in [-0.05, 0) is 64.7 Å². The third-order valence-corrected chi connectivity index (χ3v) is 25.1. The van der Waals surface area contributed by atoms with Crippen LogP contribution in [0.1, 0.15) is 37.8 Å². The monoisotopic (exact) mass is 1080 g/mol. The van der Waals surface area contributed by atoms with E-state index in [2.05, 4.69) is 0 Å². The van der Waals surface area contributed by atoms with Gasteiger partial charge in [-0.3, -0.25) is 33.7 Å². The number of anilines is 2. The zero-order valence-electron chi connectivity index (χ0n) is 38.3. The number of rotatable bonds is 10. The number of likely N-dealkylation sites (tertiary alicyclic amines) is 1. The normalized spacial score (nSPS) is 30.5. The molecular weight excluding hydrogens is 1030 g/mol. The first-order valence-corrected chi connectivity index (χ1v) is 29.7. The van der Waals surface area contributed by atoms with Crippen molar-refractivity contribution in [1.29, 1.82) is 0 Å². The minimum atomic E-state index is -4.72. The zero-order valence-corrected chi connectivity index (χ0v) is 43.2. The smallest absolute Gasteiger partial charge is 0.302 e. The van der Waals surface area contributed by atoms with Gasteiger partial charge in [-0.1, -0.05) is 105 Å². The minimum absolute atomic E-state index is 0.0140. The van der Waals surface area contributed by atoms with Crippen LogP contribution in [0.3, 0.4) is 0 Å². The highest BCUT2D eigenvalue weighted by Crippen LogP contribution is 2.77. The summed E-state index contributed by atoms with van der Waals surface area (Å²) in [5.74, 6) is -3.97. The van der Waals surface area contributed by atoms with Crippen LogP contribution in [-0.2, 0) is 69.1 Å². The Kier molecular flexibility index (Phi) is 11.0. The number of carbonyl (C=O) groups excluding carboxylic acids is 6. The average molecular weight is 1080 g/mol. The average Bonchev–Trinajstić information content (AvgIpc) is 4.07. The Labute approximate surface area is 425 Å². The van der Waals surface area contributed by atoms with Gasteiger partial charge in [-0.2, -0.15) is 0 Å². The number of piperazine rings is 1. The Bertz CT molecular complexity index is 3230. The highest BCUT2D eigenvalue weighted by Gasteiger charge is 2.86. The molecule has 6 saturated heterocycles. The lowest BCUT2D eigenvalue weighted by Crippen LogP contribution is -2.78. The molecule has 1 spiro atoms. The number of hydrogen-bond donors (Lipinski definition) is 0. The largest absolute Gasteiger partial charge is 0.462 e. The third-order valence-electron chi connectivity index (χ3n) is 15.0. The number of para-hydroxylation sites is 2. The Morgan fingerprint density at radius 1 is 0.634 bits per heavy atom. The molecule has 12 rings (SSSR count). The predicted molar refractivity (Wildman–Crippen MR) is 266 cm³/mol. The lowest BCUT2D eigenvalue weighted by molar-refractivity contribution is -0.169. The lowest BCUT2D eigenvalue weighted by Gasteiger charge is -2.58. The van der Waals surface area contributed by atoms with Gasteiger partial charge in [0.2, 0.25) is 15.6 Å². The molecule has 0 saturated carbocycles. The van der Waals surface area contributed by atoms with Crippen molar-refractivity contribution in [3.8, 4) is 0 Å². The summed E-state index contributed by atoms with van der Waals surface area (Å²) in [5, 5.41) is 0. The van der Waals surface area contributed by atoms with Crippen molar-refractivity contribution in [3.63, 3.8) is 0 Å². The van der Waals surface area contributed by atoms with Crippen LogP contribution in [0, 0.1) is 0 Å². The Hall–Kier alpha value is -5.40. The molecule has 8 heterocycles. The second kappa shape index (κ2) is 16.3. The summed E-state index contributed by atoms with van der Waals surface area (Å²) in [5.41, 5.74) is -2.45. The molecule has 0 N–H and O–H groups in total. The Balaban J connectivity index is 1.24. The number of amides is 4. The van der Waals surface area contributed by atoms with Crippen molar-refractivity contribution in [3.05, 3.63) is 120 Å². The fraction of sp³-hybridized carbons (Fsp3) is 0.362. The number of likely N-dealkylation sites (N-methyl/N-ethyl adjacent to an activating group) is 2. The third kappa shape index (κ3) is 6.11. The summed E-state index contributed by atoms with van der Waals surface area (Å²) in [6.07, 6.45) is -3.58. The standard InChI is InChI=1S/C47H44N6O12S6/c1-29(54)64-27-46(48(3)37(56)25-66-67-46)41(58)50-24-23-43(33-19-11-13-21-35(33)52(38(43)50)70(60,61)31-15-7-5-8-16-31)44-26-45-40(57)49(4)47(69-68-45,28-65-30(2)55)42(59)51(45)39(44)53(36-22-14-12-20-34(36)44)71(62,63)32-17-9-6-10-18-32/h5-22,38-39H,23-28H2,1-4H3/t38-,39-,43-,44-,45-,46-,47-/m0/s1. The van der Waals surface area contributed by atoms with Crippen LogP contribution in [0.25, 0.3) is 0 Å². The quantitative estimate of drug-likeness (QED) is 0.160. The van der Waals surface area contributed by atoms with E-state index in [-0.39, 0.29) is 46.3 Å². The van der Waals surface area contributed by atoms with E-state index in [4.69, 9.17) is 9.47 Å². The van der Waals surface area contributed by atoms with Gasteiger partial charge in [0.15, 0.2) is 4.87 Å². The molecule has 0 radical (unpaired) electrons. The molecule has 4 amide bonds. The predicted octanol–water partition coefficient (Wildman–Crippen LogP) is 4.33. The molecule has 2 bridgehead atoms. The summed E-state index contributed by atoms with van der Waals surface area (Å²) >= 11 is 0. The number of sulfonamides is 2. The summed E-state index contributed by atoms with van der Waals surface area (Å²) in [6, 6.07) is 28.8. The molecular formula is C47H44N6O12S6. The summed E-state index contributed by atoms with van der Waals surface area (Å²) in [4.78, 5) is 85.8. The number of benzene rings is 4. The van der Waals surface area contributed by atoms with E-state index < -0.39 is 107 Å². The Morgan fingerprint density at radius 3 is 1.73 bits per heavy atom. The second-order valence-electron chi connectivity index (χ2n) is 18.3. The Morgan fingerprint density at radius 2 is 1.15 bits per heavy atom. The maximum absolute atomic E-state index is 16.2. The number of hydrogen-bond acceptors (Lipinski definition) is 16. The first-order valence-electron chi connectivity index (χ1n) is 22.3. The molecule has 6 fully saturated rings. The van der Waals surface area contributed by atoms with Crippen molar-refractivity contribution in [2.45, 2.75) is 74.3 Å². The van der Waals surface area contributed by atoms with Gasteiger partial charge in [0.1, 0.15) is 25.5 Å². The highest BCUT2D eigenvalue weighted by atomic mass is 33.1. The van der Waals surface area contributed by atoms with Crippen molar-refractivity contribution in [1.82, 2.24) is 19.6 Å². The molecule has 0 unspecified atom stereocenters. The van der Waals surface area contributed by atoms with Crippen molar-refractivity contribution >= 4 is 110 Å². The van der Waals surface area contributed by atoms with Crippen LogP contribution in [0.15, 0.2) is 119 Å². The molecule has 0 aliphatic carbocycles. The summed E-state index contributed by atoms with van der Waals surface area (Å²) < 4.78 is 76.9. The van der Waals surface area contributed by atoms with E-state index >= 15 is 31.2 Å². The van der Waals surface area contributed by atoms with Crippen LogP contribution < -0.4 is 8.61 Å². The van der Waals surface area contributed by atoms with Crippen molar-refractivity contribution < 1.29 is 55.1 Å². The maximum Gasteiger partial charge on any atom is 0.302 e. The van der Waals surface area contributed by atoms with E-state index in [0.717, 1.165) is 43.2 Å². The van der Waals surface area contributed by atoms with E-state index in [9.17, 15) is 14.4 Å². The van der Waals surface area contributed by atoms with Crippen LogP contribution in [0.5, 0.6) is 0 Å². The number of nitrogens with zero attached hydrogens (tertiary/aromatic N) is 6. The van der Waals surface area contributed by atoms with E-state index in [1.54, 1.807) is 84.9 Å². The molecule has 71 heavy (non-hydrogen) atoms. The van der Waals surface area contributed by atoms with E-state index in [1.807, 2.05) is 0 Å². The lowest BCUT2D eigenvalue weighted by atomic mass is 9.54. The second-order valence-corrected chi connectivity index (χ2v) is 27.2. The number of ether oxygens (including phenoxy) is 2. The van der Waals surface area contributed by atoms with Gasteiger partial charge >= 0.3 is 11.9 Å². The van der Waals surface area contributed by atoms with Crippen molar-refractivity contribution in [2.24, 2.45) is 0 Å². The van der Waals surface area contributed by atoms with Crippen LogP contribution in [-0.4, -0.2) is 139 Å². The number of esters is 2. The minimum Gasteiger partial charge on any atom is -0.462 e. The number of fused-ring (bicyclic) bond motifs is 9. The molecule has 4 aromatic carbocycles. The van der Waals surface area contributed by atoms with E-state index in [0.29, 0.717) is 11.1 Å². The van der Waals surface area contributed by atoms with Crippen molar-refractivity contribution in [2.75, 3.05) is 48.2 Å². The molecule has 8 aliphatic rings.